The Hall–Kier alpha value is -1.35. The Labute approximate surface area is 106 Å². The van der Waals surface area contributed by atoms with Gasteiger partial charge >= 0.3 is 0 Å². The van der Waals surface area contributed by atoms with Gasteiger partial charge in [0.05, 0.1) is 0 Å². The lowest BCUT2D eigenvalue weighted by atomic mass is 9.87. The predicted molar refractivity (Wildman–Crippen MR) is 71.3 cm³/mol. The average Bonchev–Trinajstić information content (AvgIpc) is 2.30. The van der Waals surface area contributed by atoms with E-state index >= 15 is 0 Å². The van der Waals surface area contributed by atoms with Gasteiger partial charge in [-0.1, -0.05) is 44.7 Å². The van der Waals surface area contributed by atoms with Crippen molar-refractivity contribution >= 4 is 11.8 Å². The van der Waals surface area contributed by atoms with Gasteiger partial charge in [-0.25, -0.2) is 0 Å². The fourth-order valence-electron chi connectivity index (χ4n) is 1.49. The van der Waals surface area contributed by atoms with Gasteiger partial charge < -0.3 is 0 Å². The number of aromatic nitrogens is 2. The van der Waals surface area contributed by atoms with Gasteiger partial charge in [-0.2, -0.15) is 5.10 Å². The van der Waals surface area contributed by atoms with Crippen LogP contribution in [0.5, 0.6) is 0 Å². The second-order valence-electron chi connectivity index (χ2n) is 4.94. The molecule has 0 aliphatic rings. The summed E-state index contributed by atoms with van der Waals surface area (Å²) in [5, 5.41) is 8.85. The standard InChI is InChI=1S/C14H16N2S/c1-14(2,3)11-6-8-12(9-7-11)17-13-5-4-10-15-16-13/h4-10H,1-3H3. The highest BCUT2D eigenvalue weighted by molar-refractivity contribution is 7.99. The van der Waals surface area contributed by atoms with Gasteiger partial charge in [-0.15, -0.1) is 5.10 Å². The molecule has 0 radical (unpaired) electrons. The van der Waals surface area contributed by atoms with Crippen molar-refractivity contribution in [2.45, 2.75) is 36.1 Å². The Kier molecular flexibility index (Phi) is 3.48. The van der Waals surface area contributed by atoms with Crippen LogP contribution in [0.25, 0.3) is 0 Å². The molecule has 0 amide bonds. The maximum atomic E-state index is 4.06. The van der Waals surface area contributed by atoms with Gasteiger partial charge in [-0.05, 0) is 35.2 Å². The second-order valence-corrected chi connectivity index (χ2v) is 6.03. The summed E-state index contributed by atoms with van der Waals surface area (Å²) in [6.45, 7) is 6.66. The van der Waals surface area contributed by atoms with Gasteiger partial charge in [0, 0.05) is 11.1 Å². The van der Waals surface area contributed by atoms with Crippen LogP contribution in [-0.4, -0.2) is 10.2 Å². The zero-order valence-electron chi connectivity index (χ0n) is 10.3. The largest absolute Gasteiger partial charge is 0.158 e. The minimum atomic E-state index is 0.204. The minimum absolute atomic E-state index is 0.204. The van der Waals surface area contributed by atoms with E-state index in [2.05, 4.69) is 55.2 Å². The Morgan fingerprint density at radius 3 is 2.24 bits per heavy atom. The van der Waals surface area contributed by atoms with E-state index in [0.717, 1.165) is 5.03 Å². The molecule has 17 heavy (non-hydrogen) atoms. The molecule has 2 rings (SSSR count). The smallest absolute Gasteiger partial charge is 0.124 e. The first-order chi connectivity index (χ1) is 8.05. The Balaban J connectivity index is 2.14. The lowest BCUT2D eigenvalue weighted by Gasteiger charge is -2.18. The Bertz CT molecular complexity index is 472. The molecule has 0 bridgehead atoms. The average molecular weight is 244 g/mol. The fraction of sp³-hybridized carbons (Fsp3) is 0.286. The highest BCUT2D eigenvalue weighted by atomic mass is 32.2. The molecule has 1 heterocycles. The van der Waals surface area contributed by atoms with E-state index in [-0.39, 0.29) is 5.41 Å². The Morgan fingerprint density at radius 1 is 1.00 bits per heavy atom. The SMILES string of the molecule is CC(C)(C)c1ccc(Sc2cccnn2)cc1. The van der Waals surface area contributed by atoms with E-state index in [0.29, 0.717) is 0 Å². The van der Waals surface area contributed by atoms with Gasteiger partial charge in [0.15, 0.2) is 0 Å². The monoisotopic (exact) mass is 244 g/mol. The predicted octanol–water partition coefficient (Wildman–Crippen LogP) is 3.93. The van der Waals surface area contributed by atoms with E-state index in [4.69, 9.17) is 0 Å². The molecule has 1 aromatic carbocycles. The summed E-state index contributed by atoms with van der Waals surface area (Å²) in [5.74, 6) is 0. The van der Waals surface area contributed by atoms with E-state index in [1.165, 1.54) is 10.5 Å². The quantitative estimate of drug-likeness (QED) is 0.800. The number of hydrogen-bond donors (Lipinski definition) is 0. The maximum absolute atomic E-state index is 4.06. The number of nitrogens with zero attached hydrogens (tertiary/aromatic N) is 2. The van der Waals surface area contributed by atoms with Crippen molar-refractivity contribution in [3.8, 4) is 0 Å². The minimum Gasteiger partial charge on any atom is -0.158 e. The van der Waals surface area contributed by atoms with Crippen molar-refractivity contribution in [1.29, 1.82) is 0 Å². The third kappa shape index (κ3) is 3.30. The van der Waals surface area contributed by atoms with E-state index in [9.17, 15) is 0 Å². The van der Waals surface area contributed by atoms with Crippen LogP contribution in [0.1, 0.15) is 26.3 Å². The van der Waals surface area contributed by atoms with E-state index in [1.54, 1.807) is 18.0 Å². The van der Waals surface area contributed by atoms with Crippen LogP contribution in [0.15, 0.2) is 52.5 Å². The second kappa shape index (κ2) is 4.88. The van der Waals surface area contributed by atoms with Crippen LogP contribution in [0.3, 0.4) is 0 Å². The topological polar surface area (TPSA) is 25.8 Å². The van der Waals surface area contributed by atoms with Crippen LogP contribution in [-0.2, 0) is 5.41 Å². The molecule has 0 N–H and O–H groups in total. The Morgan fingerprint density at radius 2 is 1.71 bits per heavy atom. The molecule has 0 saturated heterocycles. The highest BCUT2D eigenvalue weighted by Gasteiger charge is 2.12. The van der Waals surface area contributed by atoms with Gasteiger partial charge in [0.25, 0.3) is 0 Å². The molecular formula is C14H16N2S. The van der Waals surface area contributed by atoms with E-state index < -0.39 is 0 Å². The lowest BCUT2D eigenvalue weighted by molar-refractivity contribution is 0.590. The van der Waals surface area contributed by atoms with Gasteiger partial charge in [0.2, 0.25) is 0 Å². The molecule has 2 nitrogen and oxygen atoms in total. The molecule has 88 valence electrons. The third-order valence-electron chi connectivity index (χ3n) is 2.49. The zero-order chi connectivity index (χ0) is 12.3. The van der Waals surface area contributed by atoms with Gasteiger partial charge in [0.1, 0.15) is 5.03 Å². The molecule has 0 fully saturated rings. The molecule has 0 aliphatic heterocycles. The van der Waals surface area contributed by atoms with Crippen molar-refractivity contribution < 1.29 is 0 Å². The van der Waals surface area contributed by atoms with Crippen molar-refractivity contribution in [2.24, 2.45) is 0 Å². The summed E-state index contributed by atoms with van der Waals surface area (Å²) in [4.78, 5) is 1.19. The van der Waals surface area contributed by atoms with Crippen LogP contribution >= 0.6 is 11.8 Å². The van der Waals surface area contributed by atoms with Crippen LogP contribution in [0, 0.1) is 0 Å². The lowest BCUT2D eigenvalue weighted by Crippen LogP contribution is -2.10. The summed E-state index contributed by atoms with van der Waals surface area (Å²) in [7, 11) is 0. The number of hydrogen-bond acceptors (Lipinski definition) is 3. The van der Waals surface area contributed by atoms with Crippen LogP contribution in [0.4, 0.5) is 0 Å². The summed E-state index contributed by atoms with van der Waals surface area (Å²) < 4.78 is 0. The highest BCUT2D eigenvalue weighted by Crippen LogP contribution is 2.28. The van der Waals surface area contributed by atoms with Gasteiger partial charge in [-0.3, -0.25) is 0 Å². The third-order valence-corrected chi connectivity index (χ3v) is 3.43. The molecule has 0 aliphatic carbocycles. The first kappa shape index (κ1) is 12.1. The number of rotatable bonds is 2. The van der Waals surface area contributed by atoms with Crippen molar-refractivity contribution in [2.75, 3.05) is 0 Å². The summed E-state index contributed by atoms with van der Waals surface area (Å²) >= 11 is 1.63. The van der Waals surface area contributed by atoms with Crippen LogP contribution in [0.2, 0.25) is 0 Å². The molecular weight excluding hydrogens is 228 g/mol. The summed E-state index contributed by atoms with van der Waals surface area (Å²) in [6, 6.07) is 12.5. The van der Waals surface area contributed by atoms with Crippen molar-refractivity contribution in [1.82, 2.24) is 10.2 Å². The fourth-order valence-corrected chi connectivity index (χ4v) is 2.23. The molecule has 0 saturated carbocycles. The molecule has 1 aromatic heterocycles. The van der Waals surface area contributed by atoms with Crippen molar-refractivity contribution in [3.63, 3.8) is 0 Å². The zero-order valence-corrected chi connectivity index (χ0v) is 11.2. The summed E-state index contributed by atoms with van der Waals surface area (Å²) in [5.41, 5.74) is 1.55. The maximum Gasteiger partial charge on any atom is 0.124 e. The number of benzene rings is 1. The normalized spacial score (nSPS) is 11.5. The van der Waals surface area contributed by atoms with Crippen LogP contribution < -0.4 is 0 Å². The first-order valence-electron chi connectivity index (χ1n) is 5.62. The molecule has 3 heteroatoms. The summed E-state index contributed by atoms with van der Waals surface area (Å²) in [6.07, 6.45) is 1.69. The van der Waals surface area contributed by atoms with Crippen molar-refractivity contribution in [3.05, 3.63) is 48.2 Å². The molecule has 0 spiro atoms. The molecule has 0 atom stereocenters. The molecule has 0 unspecified atom stereocenters. The first-order valence-corrected chi connectivity index (χ1v) is 6.43. The molecule has 2 aromatic rings. The van der Waals surface area contributed by atoms with E-state index in [1.807, 2.05) is 12.1 Å².